The van der Waals surface area contributed by atoms with Crippen LogP contribution >= 0.6 is 23.2 Å². The van der Waals surface area contributed by atoms with Gasteiger partial charge >= 0.3 is 5.97 Å². The summed E-state index contributed by atoms with van der Waals surface area (Å²) < 4.78 is 5.82. The normalized spacial score (nSPS) is 19.6. The maximum Gasteiger partial charge on any atom is 0.306 e. The van der Waals surface area contributed by atoms with E-state index in [1.807, 2.05) is 0 Å². The van der Waals surface area contributed by atoms with Crippen molar-refractivity contribution in [1.29, 1.82) is 0 Å². The summed E-state index contributed by atoms with van der Waals surface area (Å²) in [5.74, 6) is -0.760. The van der Waals surface area contributed by atoms with Crippen LogP contribution in [0.5, 0.6) is 5.75 Å². The molecule has 0 heterocycles. The molecule has 0 bridgehead atoms. The molecule has 0 radical (unpaired) electrons. The molecule has 1 aliphatic rings. The van der Waals surface area contributed by atoms with Crippen molar-refractivity contribution in [1.82, 2.24) is 0 Å². The minimum Gasteiger partial charge on any atom is -0.490 e. The number of ketones is 1. The van der Waals surface area contributed by atoms with Crippen LogP contribution in [0, 0.1) is 5.92 Å². The molecule has 1 N–H and O–H groups in total. The van der Waals surface area contributed by atoms with Crippen LogP contribution in [0.15, 0.2) is 42.5 Å². The summed E-state index contributed by atoms with van der Waals surface area (Å²) in [7, 11) is 0. The second-order valence-corrected chi connectivity index (χ2v) is 6.85. The molecule has 2 aromatic carbocycles. The fraction of sp³-hybridized carbons (Fsp3) is 0.263. The molecule has 2 atom stereocenters. The summed E-state index contributed by atoms with van der Waals surface area (Å²) in [6.45, 7) is 0. The fourth-order valence-corrected chi connectivity index (χ4v) is 3.58. The van der Waals surface area contributed by atoms with E-state index in [2.05, 4.69) is 0 Å². The number of rotatable bonds is 5. The van der Waals surface area contributed by atoms with Crippen LogP contribution in [0.4, 0.5) is 0 Å². The van der Waals surface area contributed by atoms with Crippen LogP contribution in [0.2, 0.25) is 10.0 Å². The molecule has 1 saturated carbocycles. The predicted octanol–water partition coefficient (Wildman–Crippen LogP) is 4.86. The Hall–Kier alpha value is -2.04. The summed E-state index contributed by atoms with van der Waals surface area (Å²) in [4.78, 5) is 23.6. The molecular weight excluding hydrogens is 363 g/mol. The number of benzene rings is 2. The standard InChI is InChI=1S/C19H16Cl2O4/c20-15-2-1-3-16(21)17(15)18(22)11-4-7-13(8-5-11)25-14-9-6-12(10-14)19(23)24/h1-5,7-8,12,14H,6,9-10H2,(H,23,24)/t12-,14-/m0/s1. The molecule has 0 aromatic heterocycles. The summed E-state index contributed by atoms with van der Waals surface area (Å²) in [5, 5.41) is 9.65. The minimum absolute atomic E-state index is 0.110. The molecule has 0 aliphatic heterocycles. The highest BCUT2D eigenvalue weighted by molar-refractivity contribution is 6.41. The van der Waals surface area contributed by atoms with Gasteiger partial charge in [0.25, 0.3) is 0 Å². The van der Waals surface area contributed by atoms with E-state index < -0.39 is 5.97 Å². The van der Waals surface area contributed by atoms with Gasteiger partial charge in [-0.25, -0.2) is 0 Å². The quantitative estimate of drug-likeness (QED) is 0.754. The van der Waals surface area contributed by atoms with Crippen LogP contribution in [0.25, 0.3) is 0 Å². The molecular formula is C19H16Cl2O4. The third kappa shape index (κ3) is 3.97. The number of hydrogen-bond acceptors (Lipinski definition) is 3. The third-order valence-electron chi connectivity index (χ3n) is 4.34. The van der Waals surface area contributed by atoms with E-state index in [1.54, 1.807) is 42.5 Å². The van der Waals surface area contributed by atoms with Crippen molar-refractivity contribution >= 4 is 35.0 Å². The van der Waals surface area contributed by atoms with Gasteiger partial charge in [0, 0.05) is 5.56 Å². The van der Waals surface area contributed by atoms with E-state index in [-0.39, 0.29) is 23.4 Å². The van der Waals surface area contributed by atoms with Gasteiger partial charge in [-0.3, -0.25) is 9.59 Å². The van der Waals surface area contributed by atoms with Gasteiger partial charge in [0.15, 0.2) is 5.78 Å². The van der Waals surface area contributed by atoms with Gasteiger partial charge in [0.05, 0.1) is 27.6 Å². The molecule has 4 nitrogen and oxygen atoms in total. The first-order valence-electron chi connectivity index (χ1n) is 7.94. The molecule has 130 valence electrons. The Labute approximate surface area is 155 Å². The maximum absolute atomic E-state index is 12.6. The summed E-state index contributed by atoms with van der Waals surface area (Å²) in [6.07, 6.45) is 1.74. The number of carboxylic acids is 1. The number of carbonyl (C=O) groups excluding carboxylic acids is 1. The first kappa shape index (κ1) is 17.8. The minimum atomic E-state index is -0.774. The Morgan fingerprint density at radius 3 is 2.20 bits per heavy atom. The van der Waals surface area contributed by atoms with Gasteiger partial charge in [-0.1, -0.05) is 29.3 Å². The lowest BCUT2D eigenvalue weighted by Crippen LogP contribution is -2.15. The van der Waals surface area contributed by atoms with Crippen molar-refractivity contribution in [3.8, 4) is 5.75 Å². The Balaban J connectivity index is 1.70. The highest BCUT2D eigenvalue weighted by atomic mass is 35.5. The molecule has 1 fully saturated rings. The van der Waals surface area contributed by atoms with Crippen LogP contribution < -0.4 is 4.74 Å². The first-order chi connectivity index (χ1) is 12.0. The maximum atomic E-state index is 12.6. The average molecular weight is 379 g/mol. The zero-order chi connectivity index (χ0) is 18.0. The van der Waals surface area contributed by atoms with Gasteiger partial charge in [-0.15, -0.1) is 0 Å². The van der Waals surface area contributed by atoms with Gasteiger partial charge in [-0.05, 0) is 55.7 Å². The molecule has 0 spiro atoms. The van der Waals surface area contributed by atoms with Crippen molar-refractivity contribution in [2.75, 3.05) is 0 Å². The first-order valence-corrected chi connectivity index (χ1v) is 8.69. The SMILES string of the molecule is O=C(c1ccc(O[C@H]2CC[C@H](C(=O)O)C2)cc1)c1c(Cl)cccc1Cl. The summed E-state index contributed by atoms with van der Waals surface area (Å²) >= 11 is 12.2. The number of carbonyl (C=O) groups is 2. The lowest BCUT2D eigenvalue weighted by molar-refractivity contribution is -0.141. The van der Waals surface area contributed by atoms with Crippen LogP contribution in [-0.2, 0) is 4.79 Å². The summed E-state index contributed by atoms with van der Waals surface area (Å²) in [5.41, 5.74) is 0.733. The number of hydrogen-bond donors (Lipinski definition) is 1. The van der Waals surface area contributed by atoms with E-state index in [9.17, 15) is 9.59 Å². The molecule has 0 amide bonds. The van der Waals surface area contributed by atoms with Crippen molar-refractivity contribution < 1.29 is 19.4 Å². The van der Waals surface area contributed by atoms with E-state index in [4.69, 9.17) is 33.0 Å². The third-order valence-corrected chi connectivity index (χ3v) is 4.97. The Kier molecular flexibility index (Phi) is 5.30. The van der Waals surface area contributed by atoms with Crippen LogP contribution in [-0.4, -0.2) is 23.0 Å². The Morgan fingerprint density at radius 1 is 1.00 bits per heavy atom. The van der Waals surface area contributed by atoms with E-state index in [1.165, 1.54) is 0 Å². The molecule has 3 rings (SSSR count). The van der Waals surface area contributed by atoms with Crippen molar-refractivity contribution in [2.45, 2.75) is 25.4 Å². The van der Waals surface area contributed by atoms with Gasteiger partial charge < -0.3 is 9.84 Å². The molecule has 0 saturated heterocycles. The molecule has 0 unspecified atom stereocenters. The van der Waals surface area contributed by atoms with E-state index >= 15 is 0 Å². The zero-order valence-corrected chi connectivity index (χ0v) is 14.8. The van der Waals surface area contributed by atoms with Gasteiger partial charge in [0.1, 0.15) is 5.75 Å². The average Bonchev–Trinajstić information content (AvgIpc) is 3.04. The highest BCUT2D eigenvalue weighted by Gasteiger charge is 2.31. The molecule has 1 aliphatic carbocycles. The van der Waals surface area contributed by atoms with Crippen molar-refractivity contribution in [2.24, 2.45) is 5.92 Å². The van der Waals surface area contributed by atoms with Crippen molar-refractivity contribution in [3.05, 3.63) is 63.6 Å². The number of carboxylic acid groups (broad SMARTS) is 1. The van der Waals surface area contributed by atoms with Gasteiger partial charge in [0.2, 0.25) is 0 Å². The Bertz CT molecular complexity index is 781. The predicted molar refractivity (Wildman–Crippen MR) is 95.7 cm³/mol. The lowest BCUT2D eigenvalue weighted by Gasteiger charge is -2.14. The monoisotopic (exact) mass is 378 g/mol. The number of ether oxygens (including phenoxy) is 1. The topological polar surface area (TPSA) is 63.6 Å². The second-order valence-electron chi connectivity index (χ2n) is 6.04. The largest absolute Gasteiger partial charge is 0.490 e. The molecule has 6 heteroatoms. The van der Waals surface area contributed by atoms with E-state index in [0.29, 0.717) is 40.6 Å². The zero-order valence-electron chi connectivity index (χ0n) is 13.2. The van der Waals surface area contributed by atoms with Gasteiger partial charge in [-0.2, -0.15) is 0 Å². The Morgan fingerprint density at radius 2 is 1.64 bits per heavy atom. The molecule has 25 heavy (non-hydrogen) atoms. The smallest absolute Gasteiger partial charge is 0.306 e. The lowest BCUT2D eigenvalue weighted by atomic mass is 10.0. The fourth-order valence-electron chi connectivity index (χ4n) is 3.01. The summed E-state index contributed by atoms with van der Waals surface area (Å²) in [6, 6.07) is 11.6. The van der Waals surface area contributed by atoms with E-state index in [0.717, 1.165) is 0 Å². The number of halogens is 2. The number of aliphatic carboxylic acids is 1. The second kappa shape index (κ2) is 7.46. The molecule has 2 aromatic rings. The highest BCUT2D eigenvalue weighted by Crippen LogP contribution is 2.30. The van der Waals surface area contributed by atoms with Crippen LogP contribution in [0.3, 0.4) is 0 Å². The van der Waals surface area contributed by atoms with Crippen molar-refractivity contribution in [3.63, 3.8) is 0 Å². The van der Waals surface area contributed by atoms with Crippen LogP contribution in [0.1, 0.15) is 35.2 Å².